The molecule has 1 fully saturated rings. The molecule has 0 aliphatic carbocycles. The molecule has 1 rings (SSSR count). The van der Waals surface area contributed by atoms with Gasteiger partial charge in [-0.2, -0.15) is 0 Å². The van der Waals surface area contributed by atoms with Crippen molar-refractivity contribution in [2.45, 2.75) is 38.8 Å². The summed E-state index contributed by atoms with van der Waals surface area (Å²) in [7, 11) is 0. The lowest BCUT2D eigenvalue weighted by Crippen LogP contribution is -2.39. The molecule has 0 saturated carbocycles. The topological polar surface area (TPSA) is 50.4 Å². The molecular weight excluding hydrogens is 216 g/mol. The van der Waals surface area contributed by atoms with Crippen LogP contribution in [0.25, 0.3) is 0 Å². The highest BCUT2D eigenvalue weighted by atomic mass is 35.5. The number of carbonyl (C=O) groups excluding carboxylic acids is 1. The van der Waals surface area contributed by atoms with E-state index in [-0.39, 0.29) is 31.0 Å². The van der Waals surface area contributed by atoms with Crippen LogP contribution in [0.3, 0.4) is 0 Å². The van der Waals surface area contributed by atoms with E-state index >= 15 is 0 Å². The van der Waals surface area contributed by atoms with Gasteiger partial charge in [0.1, 0.15) is 6.61 Å². The summed E-state index contributed by atoms with van der Waals surface area (Å²) < 4.78 is 5.19. The first-order valence-electron chi connectivity index (χ1n) is 5.30. The molecule has 0 bridgehead atoms. The predicted octanol–water partition coefficient (Wildman–Crippen LogP) is 0.701. The lowest BCUT2D eigenvalue weighted by molar-refractivity contribution is -0.127. The first-order chi connectivity index (χ1) is 6.68. The van der Waals surface area contributed by atoms with Crippen molar-refractivity contribution in [1.82, 2.24) is 10.6 Å². The Morgan fingerprint density at radius 1 is 1.60 bits per heavy atom. The fourth-order valence-electron chi connectivity index (χ4n) is 1.46. The molecule has 5 heteroatoms. The van der Waals surface area contributed by atoms with E-state index < -0.39 is 0 Å². The first kappa shape index (κ1) is 14.7. The zero-order chi connectivity index (χ0) is 10.4. The SMILES string of the molecule is CC(C)OCC(=O)NCC1CCCN1.Cl. The third kappa shape index (κ3) is 6.71. The number of rotatable bonds is 5. The Balaban J connectivity index is 0.00000196. The fraction of sp³-hybridized carbons (Fsp3) is 0.900. The maximum Gasteiger partial charge on any atom is 0.246 e. The quantitative estimate of drug-likeness (QED) is 0.739. The molecule has 1 unspecified atom stereocenters. The Labute approximate surface area is 97.5 Å². The Kier molecular flexibility index (Phi) is 7.74. The second kappa shape index (κ2) is 7.91. The minimum Gasteiger partial charge on any atom is -0.369 e. The number of amides is 1. The van der Waals surface area contributed by atoms with Gasteiger partial charge in [0.15, 0.2) is 0 Å². The molecule has 1 atom stereocenters. The molecule has 1 heterocycles. The molecule has 1 saturated heterocycles. The molecule has 0 aromatic carbocycles. The molecule has 1 amide bonds. The lowest BCUT2D eigenvalue weighted by atomic mass is 10.2. The van der Waals surface area contributed by atoms with Crippen LogP contribution < -0.4 is 10.6 Å². The standard InChI is InChI=1S/C10H20N2O2.ClH/c1-8(2)14-7-10(13)12-6-9-4-3-5-11-9;/h8-9,11H,3-7H2,1-2H3,(H,12,13);1H. The zero-order valence-corrected chi connectivity index (χ0v) is 10.2. The van der Waals surface area contributed by atoms with Crippen molar-refractivity contribution in [3.63, 3.8) is 0 Å². The lowest BCUT2D eigenvalue weighted by Gasteiger charge is -2.12. The molecule has 0 aromatic rings. The van der Waals surface area contributed by atoms with E-state index in [1.165, 1.54) is 6.42 Å². The third-order valence-electron chi connectivity index (χ3n) is 2.26. The van der Waals surface area contributed by atoms with Crippen LogP contribution in [-0.2, 0) is 9.53 Å². The van der Waals surface area contributed by atoms with Gasteiger partial charge in [-0.3, -0.25) is 4.79 Å². The number of ether oxygens (including phenoxy) is 1. The van der Waals surface area contributed by atoms with Crippen molar-refractivity contribution in [3.05, 3.63) is 0 Å². The summed E-state index contributed by atoms with van der Waals surface area (Å²) in [5.74, 6) is -0.0209. The van der Waals surface area contributed by atoms with Gasteiger partial charge < -0.3 is 15.4 Å². The van der Waals surface area contributed by atoms with E-state index in [1.54, 1.807) is 0 Å². The summed E-state index contributed by atoms with van der Waals surface area (Å²) in [5, 5.41) is 6.17. The number of halogens is 1. The van der Waals surface area contributed by atoms with Crippen molar-refractivity contribution >= 4 is 18.3 Å². The van der Waals surface area contributed by atoms with Gasteiger partial charge in [-0.05, 0) is 33.2 Å². The van der Waals surface area contributed by atoms with Crippen molar-refractivity contribution in [2.24, 2.45) is 0 Å². The van der Waals surface area contributed by atoms with Crippen LogP contribution in [0.4, 0.5) is 0 Å². The van der Waals surface area contributed by atoms with Crippen LogP contribution >= 0.6 is 12.4 Å². The number of carbonyl (C=O) groups is 1. The largest absolute Gasteiger partial charge is 0.369 e. The van der Waals surface area contributed by atoms with Crippen LogP contribution in [0.5, 0.6) is 0 Å². The Hall–Kier alpha value is -0.320. The molecule has 1 aliphatic heterocycles. The van der Waals surface area contributed by atoms with E-state index in [0.29, 0.717) is 6.04 Å². The van der Waals surface area contributed by atoms with Gasteiger partial charge in [0.2, 0.25) is 5.91 Å². The maximum absolute atomic E-state index is 11.2. The van der Waals surface area contributed by atoms with E-state index in [1.807, 2.05) is 13.8 Å². The molecule has 0 aromatic heterocycles. The van der Waals surface area contributed by atoms with Gasteiger partial charge in [0.25, 0.3) is 0 Å². The summed E-state index contributed by atoms with van der Waals surface area (Å²) in [5.41, 5.74) is 0. The van der Waals surface area contributed by atoms with Crippen LogP contribution in [-0.4, -0.2) is 37.7 Å². The summed E-state index contributed by atoms with van der Waals surface area (Å²) in [6.45, 7) is 5.81. The van der Waals surface area contributed by atoms with Crippen LogP contribution in [0.15, 0.2) is 0 Å². The van der Waals surface area contributed by atoms with Gasteiger partial charge in [0, 0.05) is 12.6 Å². The summed E-state index contributed by atoms with van der Waals surface area (Å²) >= 11 is 0. The highest BCUT2D eigenvalue weighted by molar-refractivity contribution is 5.85. The molecule has 2 N–H and O–H groups in total. The van der Waals surface area contributed by atoms with E-state index in [0.717, 1.165) is 19.5 Å². The third-order valence-corrected chi connectivity index (χ3v) is 2.26. The average Bonchev–Trinajstić information content (AvgIpc) is 2.63. The van der Waals surface area contributed by atoms with E-state index in [2.05, 4.69) is 10.6 Å². The summed E-state index contributed by atoms with van der Waals surface area (Å²) in [4.78, 5) is 11.2. The molecule has 90 valence electrons. The Morgan fingerprint density at radius 2 is 2.33 bits per heavy atom. The summed E-state index contributed by atoms with van der Waals surface area (Å²) in [6.07, 6.45) is 2.49. The molecule has 0 radical (unpaired) electrons. The van der Waals surface area contributed by atoms with Crippen molar-refractivity contribution < 1.29 is 9.53 Å². The monoisotopic (exact) mass is 236 g/mol. The van der Waals surface area contributed by atoms with Crippen molar-refractivity contribution in [2.75, 3.05) is 19.7 Å². The Morgan fingerprint density at radius 3 is 2.87 bits per heavy atom. The first-order valence-corrected chi connectivity index (χ1v) is 5.30. The van der Waals surface area contributed by atoms with Gasteiger partial charge in [-0.15, -0.1) is 12.4 Å². The second-order valence-corrected chi connectivity index (χ2v) is 3.96. The highest BCUT2D eigenvalue weighted by Gasteiger charge is 2.14. The molecule has 4 nitrogen and oxygen atoms in total. The molecule has 1 aliphatic rings. The van der Waals surface area contributed by atoms with Crippen LogP contribution in [0, 0.1) is 0 Å². The minimum atomic E-state index is -0.0209. The Bertz CT molecular complexity index is 182. The molecule has 15 heavy (non-hydrogen) atoms. The number of hydrogen-bond donors (Lipinski definition) is 2. The highest BCUT2D eigenvalue weighted by Crippen LogP contribution is 2.02. The second-order valence-electron chi connectivity index (χ2n) is 3.96. The summed E-state index contributed by atoms with van der Waals surface area (Å²) in [6, 6.07) is 0.456. The van der Waals surface area contributed by atoms with Crippen LogP contribution in [0.1, 0.15) is 26.7 Å². The average molecular weight is 237 g/mol. The number of nitrogens with one attached hydrogen (secondary N) is 2. The number of hydrogen-bond acceptors (Lipinski definition) is 3. The van der Waals surface area contributed by atoms with Gasteiger partial charge >= 0.3 is 0 Å². The fourth-order valence-corrected chi connectivity index (χ4v) is 1.46. The van der Waals surface area contributed by atoms with Crippen molar-refractivity contribution in [3.8, 4) is 0 Å². The normalized spacial score (nSPS) is 20.1. The van der Waals surface area contributed by atoms with E-state index in [4.69, 9.17) is 4.74 Å². The predicted molar refractivity (Wildman–Crippen MR) is 62.4 cm³/mol. The van der Waals surface area contributed by atoms with Gasteiger partial charge in [-0.1, -0.05) is 0 Å². The van der Waals surface area contributed by atoms with E-state index in [9.17, 15) is 4.79 Å². The van der Waals surface area contributed by atoms with Crippen LogP contribution in [0.2, 0.25) is 0 Å². The van der Waals surface area contributed by atoms with Gasteiger partial charge in [-0.25, -0.2) is 0 Å². The molecular formula is C10H21ClN2O2. The van der Waals surface area contributed by atoms with Gasteiger partial charge in [0.05, 0.1) is 6.10 Å². The zero-order valence-electron chi connectivity index (χ0n) is 9.41. The maximum atomic E-state index is 11.2. The van der Waals surface area contributed by atoms with Crippen molar-refractivity contribution in [1.29, 1.82) is 0 Å². The smallest absolute Gasteiger partial charge is 0.246 e. The molecule has 0 spiro atoms. The minimum absolute atomic E-state index is 0.